The molecule has 4 heteroatoms. The Bertz CT molecular complexity index is 206. The van der Waals surface area contributed by atoms with E-state index in [-0.39, 0.29) is 5.95 Å². The number of aromatic nitrogens is 1. The van der Waals surface area contributed by atoms with Crippen molar-refractivity contribution in [2.24, 2.45) is 0 Å². The highest BCUT2D eigenvalue weighted by Gasteiger charge is 1.96. The molecule has 1 rings (SSSR count). The Kier molecular flexibility index (Phi) is 1.48. The summed E-state index contributed by atoms with van der Waals surface area (Å²) < 4.78 is 9.08. The number of hydrogen-bond donors (Lipinski definition) is 0. The molecule has 0 radical (unpaired) electrons. The minimum Gasteiger partial charge on any atom is -0.410 e. The maximum atomic E-state index is 9.67. The van der Waals surface area contributed by atoms with Crippen LogP contribution in [0.3, 0.4) is 0 Å². The molecule has 9 heavy (non-hydrogen) atoms. The molecule has 0 N–H and O–H groups in total. The second-order valence-electron chi connectivity index (χ2n) is 1.41. The van der Waals surface area contributed by atoms with E-state index in [0.29, 0.717) is 12.4 Å². The maximum Gasteiger partial charge on any atom is 0.312 e. The van der Waals surface area contributed by atoms with E-state index in [1.165, 1.54) is 6.20 Å². The van der Waals surface area contributed by atoms with E-state index in [1.807, 2.05) is 0 Å². The molecule has 0 bridgehead atoms. The number of nitrogens with zero attached hydrogens (tertiary/aromatic N) is 1. The summed E-state index contributed by atoms with van der Waals surface area (Å²) in [4.78, 5) is 13.4. The average molecular weight is 127 g/mol. The lowest BCUT2D eigenvalue weighted by Crippen LogP contribution is -1.84. The topological polar surface area (TPSA) is 52.3 Å². The Morgan fingerprint density at radius 3 is 3.11 bits per heavy atom. The first-order valence-electron chi connectivity index (χ1n) is 2.35. The van der Waals surface area contributed by atoms with Gasteiger partial charge >= 0.3 is 12.4 Å². The van der Waals surface area contributed by atoms with Crippen LogP contribution in [0.1, 0.15) is 5.89 Å². The highest BCUT2D eigenvalue weighted by molar-refractivity contribution is 5.41. The molecule has 0 amide bonds. The van der Waals surface area contributed by atoms with Gasteiger partial charge in [0.2, 0.25) is 0 Å². The second-order valence-corrected chi connectivity index (χ2v) is 1.41. The van der Waals surface area contributed by atoms with Gasteiger partial charge in [-0.25, -0.2) is 4.98 Å². The summed E-state index contributed by atoms with van der Waals surface area (Å²) in [5.74, 6) is 0.606. The van der Waals surface area contributed by atoms with E-state index >= 15 is 0 Å². The number of hydrogen-bond acceptors (Lipinski definition) is 4. The fourth-order valence-electron chi connectivity index (χ4n) is 0.444. The van der Waals surface area contributed by atoms with Crippen molar-refractivity contribution in [3.8, 4) is 5.95 Å². The lowest BCUT2D eigenvalue weighted by molar-refractivity contribution is -0.121. The number of ether oxygens (including phenoxy) is 1. The fraction of sp³-hybridized carbons (Fsp3) is 0.200. The Morgan fingerprint density at radius 1 is 1.89 bits per heavy atom. The SMILES string of the molecule is Cc1ncc(OC=O)o1. The molecular weight excluding hydrogens is 122 g/mol. The Labute approximate surface area is 51.5 Å². The van der Waals surface area contributed by atoms with E-state index in [9.17, 15) is 4.79 Å². The Morgan fingerprint density at radius 2 is 2.67 bits per heavy atom. The van der Waals surface area contributed by atoms with Gasteiger partial charge in [0, 0.05) is 6.92 Å². The molecule has 0 spiro atoms. The lowest BCUT2D eigenvalue weighted by Gasteiger charge is -1.83. The first-order chi connectivity index (χ1) is 4.33. The average Bonchev–Trinajstić information content (AvgIpc) is 2.17. The van der Waals surface area contributed by atoms with Gasteiger partial charge in [0.15, 0.2) is 5.89 Å². The number of rotatable bonds is 2. The highest BCUT2D eigenvalue weighted by Crippen LogP contribution is 2.09. The van der Waals surface area contributed by atoms with Gasteiger partial charge in [0.05, 0.1) is 0 Å². The normalized spacial score (nSPS) is 9.00. The van der Waals surface area contributed by atoms with Gasteiger partial charge in [-0.1, -0.05) is 0 Å². The van der Waals surface area contributed by atoms with E-state index in [4.69, 9.17) is 4.42 Å². The van der Waals surface area contributed by atoms with Crippen molar-refractivity contribution in [1.29, 1.82) is 0 Å². The predicted octanol–water partition coefficient (Wildman–Crippen LogP) is 0.518. The Hall–Kier alpha value is -1.32. The van der Waals surface area contributed by atoms with E-state index in [2.05, 4.69) is 9.72 Å². The van der Waals surface area contributed by atoms with Gasteiger partial charge in [-0.2, -0.15) is 0 Å². The maximum absolute atomic E-state index is 9.67. The lowest BCUT2D eigenvalue weighted by atomic mass is 10.8. The van der Waals surface area contributed by atoms with Gasteiger partial charge in [0.25, 0.3) is 0 Å². The Balaban J connectivity index is 2.72. The molecule has 0 saturated carbocycles. The fourth-order valence-corrected chi connectivity index (χ4v) is 0.444. The first kappa shape index (κ1) is 5.81. The van der Waals surface area contributed by atoms with E-state index in [0.717, 1.165) is 0 Å². The summed E-state index contributed by atoms with van der Waals surface area (Å²) in [6, 6.07) is 0. The zero-order valence-electron chi connectivity index (χ0n) is 4.83. The molecular formula is C5H5NO3. The second kappa shape index (κ2) is 2.30. The standard InChI is InChI=1S/C5H5NO3/c1-4-6-2-5(9-4)8-3-7/h2-3H,1H3. The molecule has 1 heterocycles. The smallest absolute Gasteiger partial charge is 0.312 e. The predicted molar refractivity (Wildman–Crippen MR) is 27.9 cm³/mol. The number of carbonyl (C=O) groups excluding carboxylic acids is 1. The highest BCUT2D eigenvalue weighted by atomic mass is 16.6. The van der Waals surface area contributed by atoms with Crippen molar-refractivity contribution in [3.63, 3.8) is 0 Å². The molecule has 1 aromatic heterocycles. The van der Waals surface area contributed by atoms with Crippen LogP contribution in [0.2, 0.25) is 0 Å². The van der Waals surface area contributed by atoms with E-state index < -0.39 is 0 Å². The van der Waals surface area contributed by atoms with Crippen molar-refractivity contribution in [3.05, 3.63) is 12.1 Å². The first-order valence-corrected chi connectivity index (χ1v) is 2.35. The summed E-state index contributed by atoms with van der Waals surface area (Å²) in [5.41, 5.74) is 0. The third kappa shape index (κ3) is 1.28. The quantitative estimate of drug-likeness (QED) is 0.543. The molecule has 4 nitrogen and oxygen atoms in total. The number of carbonyl (C=O) groups is 1. The zero-order chi connectivity index (χ0) is 6.69. The molecule has 0 aromatic carbocycles. The largest absolute Gasteiger partial charge is 0.410 e. The summed E-state index contributed by atoms with van der Waals surface area (Å²) in [7, 11) is 0. The third-order valence-corrected chi connectivity index (χ3v) is 0.764. The van der Waals surface area contributed by atoms with Crippen LogP contribution < -0.4 is 4.74 Å². The molecule has 0 saturated heterocycles. The summed E-state index contributed by atoms with van der Waals surface area (Å²) in [6.45, 7) is 1.96. The van der Waals surface area contributed by atoms with Crippen molar-refractivity contribution >= 4 is 6.47 Å². The third-order valence-electron chi connectivity index (χ3n) is 0.764. The summed E-state index contributed by atoms with van der Waals surface area (Å²) in [6.07, 6.45) is 1.34. The molecule has 0 unspecified atom stereocenters. The molecule has 48 valence electrons. The van der Waals surface area contributed by atoms with Gasteiger partial charge in [-0.3, -0.25) is 4.79 Å². The molecule has 0 aliphatic rings. The molecule has 0 atom stereocenters. The van der Waals surface area contributed by atoms with E-state index in [1.54, 1.807) is 6.92 Å². The van der Waals surface area contributed by atoms with Gasteiger partial charge in [0.1, 0.15) is 6.20 Å². The van der Waals surface area contributed by atoms with Crippen molar-refractivity contribution < 1.29 is 13.9 Å². The summed E-state index contributed by atoms with van der Waals surface area (Å²) in [5, 5.41) is 0. The minimum absolute atomic E-state index is 0.127. The molecule has 1 aromatic rings. The number of aryl methyl sites for hydroxylation is 1. The van der Waals surface area contributed by atoms with Crippen LogP contribution in [-0.4, -0.2) is 11.5 Å². The van der Waals surface area contributed by atoms with Crippen LogP contribution in [0.25, 0.3) is 0 Å². The zero-order valence-corrected chi connectivity index (χ0v) is 4.83. The van der Waals surface area contributed by atoms with Crippen molar-refractivity contribution in [2.45, 2.75) is 6.92 Å². The molecule has 0 aliphatic heterocycles. The van der Waals surface area contributed by atoms with Gasteiger partial charge in [-0.05, 0) is 0 Å². The van der Waals surface area contributed by atoms with Crippen LogP contribution in [0.5, 0.6) is 5.95 Å². The van der Waals surface area contributed by atoms with Crippen molar-refractivity contribution in [1.82, 2.24) is 4.98 Å². The summed E-state index contributed by atoms with van der Waals surface area (Å²) >= 11 is 0. The minimum atomic E-state index is 0.127. The van der Waals surface area contributed by atoms with Crippen LogP contribution in [0.15, 0.2) is 10.6 Å². The van der Waals surface area contributed by atoms with Gasteiger partial charge < -0.3 is 9.15 Å². The number of oxazole rings is 1. The molecule has 0 aliphatic carbocycles. The monoisotopic (exact) mass is 127 g/mol. The molecule has 0 fully saturated rings. The van der Waals surface area contributed by atoms with Crippen LogP contribution >= 0.6 is 0 Å². The van der Waals surface area contributed by atoms with Gasteiger partial charge in [-0.15, -0.1) is 0 Å². The van der Waals surface area contributed by atoms with Crippen LogP contribution in [0, 0.1) is 6.92 Å². The van der Waals surface area contributed by atoms with Crippen LogP contribution in [-0.2, 0) is 4.79 Å². The van der Waals surface area contributed by atoms with Crippen molar-refractivity contribution in [2.75, 3.05) is 0 Å². The van der Waals surface area contributed by atoms with Crippen LogP contribution in [0.4, 0.5) is 0 Å².